The fraction of sp³-hybridized carbons (Fsp3) is 0.208. The number of aromatic nitrogens is 5. The van der Waals surface area contributed by atoms with E-state index in [4.69, 9.17) is 9.15 Å². The zero-order chi connectivity index (χ0) is 23.2. The van der Waals surface area contributed by atoms with Gasteiger partial charge in [-0.2, -0.15) is 9.78 Å². The molecular weight excluding hydrogens is 420 g/mol. The van der Waals surface area contributed by atoms with Crippen LogP contribution in [-0.2, 0) is 4.74 Å². The van der Waals surface area contributed by atoms with Gasteiger partial charge in [0.2, 0.25) is 0 Å². The van der Waals surface area contributed by atoms with E-state index in [0.717, 1.165) is 22.0 Å². The maximum absolute atomic E-state index is 12.6. The Bertz CT molecular complexity index is 1480. The van der Waals surface area contributed by atoms with Gasteiger partial charge in [0.1, 0.15) is 5.60 Å². The van der Waals surface area contributed by atoms with Crippen LogP contribution in [0.25, 0.3) is 33.5 Å². The van der Waals surface area contributed by atoms with E-state index in [1.54, 1.807) is 37.1 Å². The molecule has 4 aromatic heterocycles. The number of fused-ring (bicyclic) bond motifs is 2. The summed E-state index contributed by atoms with van der Waals surface area (Å²) in [5.41, 5.74) is 3.06. The van der Waals surface area contributed by atoms with Crippen molar-refractivity contribution in [2.75, 3.05) is 5.32 Å². The molecule has 0 atom stereocenters. The lowest BCUT2D eigenvalue weighted by Gasteiger charge is -2.18. The quantitative estimate of drug-likeness (QED) is 0.392. The third-order valence-electron chi connectivity index (χ3n) is 4.98. The van der Waals surface area contributed by atoms with Crippen LogP contribution in [0.2, 0.25) is 0 Å². The van der Waals surface area contributed by atoms with Crippen LogP contribution < -0.4 is 5.32 Å². The Morgan fingerprint density at radius 3 is 2.64 bits per heavy atom. The highest BCUT2D eigenvalue weighted by Gasteiger charge is 2.22. The van der Waals surface area contributed by atoms with Gasteiger partial charge in [0.05, 0.1) is 17.4 Å². The Labute approximate surface area is 189 Å². The number of anilines is 2. The largest absolute Gasteiger partial charge is 0.449 e. The van der Waals surface area contributed by atoms with Crippen molar-refractivity contribution in [2.24, 2.45) is 0 Å². The molecule has 0 saturated carbocycles. The molecule has 0 aliphatic heterocycles. The van der Waals surface area contributed by atoms with E-state index in [9.17, 15) is 4.79 Å². The second kappa shape index (κ2) is 7.70. The highest BCUT2D eigenvalue weighted by Crippen LogP contribution is 2.39. The smallest absolute Gasteiger partial charge is 0.435 e. The van der Waals surface area contributed by atoms with Crippen LogP contribution in [0.3, 0.4) is 0 Å². The summed E-state index contributed by atoms with van der Waals surface area (Å²) < 4.78 is 12.8. The number of rotatable bonds is 3. The lowest BCUT2D eigenvalue weighted by Crippen LogP contribution is -2.27. The third kappa shape index (κ3) is 3.89. The van der Waals surface area contributed by atoms with Crippen molar-refractivity contribution in [3.8, 4) is 11.6 Å². The topological polar surface area (TPSA) is 108 Å². The molecule has 0 aliphatic rings. The number of carbonyl (C=O) groups excluding carboxylic acids is 1. The number of hydrogen-bond donors (Lipinski definition) is 1. The SMILES string of the molecule is Cc1ccc(Nc2c(-c3ncccn3)oc3cnccc23)c2cn(C(=O)OC(C)(C)C)nc12. The molecule has 0 fully saturated rings. The Kier molecular flexibility index (Phi) is 4.81. The Hall–Kier alpha value is -4.27. The van der Waals surface area contributed by atoms with Gasteiger partial charge in [-0.25, -0.2) is 14.8 Å². The predicted octanol–water partition coefficient (Wildman–Crippen LogP) is 5.47. The van der Waals surface area contributed by atoms with E-state index < -0.39 is 11.7 Å². The molecule has 4 heterocycles. The summed E-state index contributed by atoms with van der Waals surface area (Å²) in [6.07, 6.45) is 7.80. The lowest BCUT2D eigenvalue weighted by molar-refractivity contribution is 0.0516. The molecule has 9 heteroatoms. The van der Waals surface area contributed by atoms with Gasteiger partial charge in [0.15, 0.2) is 17.2 Å². The molecule has 5 rings (SSSR count). The molecular formula is C24H22N6O3. The average molecular weight is 442 g/mol. The minimum Gasteiger partial charge on any atom is -0.449 e. The Morgan fingerprint density at radius 2 is 1.88 bits per heavy atom. The van der Waals surface area contributed by atoms with E-state index in [0.29, 0.717) is 28.4 Å². The average Bonchev–Trinajstić information content (AvgIpc) is 3.39. The van der Waals surface area contributed by atoms with E-state index in [1.807, 2.05) is 45.9 Å². The third-order valence-corrected chi connectivity index (χ3v) is 4.98. The van der Waals surface area contributed by atoms with Crippen molar-refractivity contribution in [3.63, 3.8) is 0 Å². The standard InChI is InChI=1S/C24H22N6O3/c1-14-6-7-17(16-13-30(29-19(14)16)23(31)33-24(2,3)4)28-20-15-8-11-25-12-18(15)32-21(20)22-26-9-5-10-27-22/h5-13,28H,1-4H3. The number of hydrogen-bond acceptors (Lipinski definition) is 8. The second-order valence-electron chi connectivity index (χ2n) is 8.62. The fourth-order valence-corrected chi connectivity index (χ4v) is 3.53. The number of benzene rings is 1. The molecule has 9 nitrogen and oxygen atoms in total. The van der Waals surface area contributed by atoms with Crippen LogP contribution in [0.4, 0.5) is 16.2 Å². The normalized spacial score (nSPS) is 11.8. The number of carbonyl (C=O) groups is 1. The van der Waals surface area contributed by atoms with Gasteiger partial charge in [0.25, 0.3) is 0 Å². The number of ether oxygens (including phenoxy) is 1. The summed E-state index contributed by atoms with van der Waals surface area (Å²) in [5.74, 6) is 0.941. The van der Waals surface area contributed by atoms with Gasteiger partial charge in [-0.1, -0.05) is 6.07 Å². The summed E-state index contributed by atoms with van der Waals surface area (Å²) in [6, 6.07) is 7.49. The summed E-state index contributed by atoms with van der Waals surface area (Å²) in [5, 5.41) is 9.53. The first-order valence-corrected chi connectivity index (χ1v) is 10.4. The van der Waals surface area contributed by atoms with E-state index >= 15 is 0 Å². The molecule has 166 valence electrons. The van der Waals surface area contributed by atoms with Gasteiger partial charge in [-0.3, -0.25) is 4.98 Å². The van der Waals surface area contributed by atoms with Crippen LogP contribution in [0.1, 0.15) is 26.3 Å². The number of furan rings is 1. The van der Waals surface area contributed by atoms with Crippen LogP contribution in [0.5, 0.6) is 0 Å². The molecule has 0 unspecified atom stereocenters. The highest BCUT2D eigenvalue weighted by atomic mass is 16.6. The highest BCUT2D eigenvalue weighted by molar-refractivity contribution is 6.03. The summed E-state index contributed by atoms with van der Waals surface area (Å²) in [6.45, 7) is 7.40. The number of pyridine rings is 1. The molecule has 0 spiro atoms. The van der Waals surface area contributed by atoms with Crippen molar-refractivity contribution >= 4 is 39.3 Å². The molecule has 0 saturated heterocycles. The fourth-order valence-electron chi connectivity index (χ4n) is 3.53. The van der Waals surface area contributed by atoms with Gasteiger partial charge < -0.3 is 14.5 Å². The van der Waals surface area contributed by atoms with Crippen LogP contribution in [0.15, 0.2) is 59.7 Å². The summed E-state index contributed by atoms with van der Waals surface area (Å²) in [7, 11) is 0. The second-order valence-corrected chi connectivity index (χ2v) is 8.62. The van der Waals surface area contributed by atoms with Crippen LogP contribution in [-0.4, -0.2) is 36.4 Å². The maximum atomic E-state index is 12.6. The first-order chi connectivity index (χ1) is 15.8. The van der Waals surface area contributed by atoms with E-state index in [2.05, 4.69) is 25.4 Å². The zero-order valence-electron chi connectivity index (χ0n) is 18.7. The molecule has 33 heavy (non-hydrogen) atoms. The maximum Gasteiger partial charge on any atom is 0.435 e. The molecule has 1 aromatic carbocycles. The molecule has 1 N–H and O–H groups in total. The van der Waals surface area contributed by atoms with Crippen LogP contribution in [0, 0.1) is 6.92 Å². The lowest BCUT2D eigenvalue weighted by atomic mass is 10.1. The molecule has 5 aromatic rings. The van der Waals surface area contributed by atoms with Crippen LogP contribution >= 0.6 is 0 Å². The zero-order valence-corrected chi connectivity index (χ0v) is 18.7. The summed E-state index contributed by atoms with van der Waals surface area (Å²) in [4.78, 5) is 25.4. The number of aryl methyl sites for hydroxylation is 1. The van der Waals surface area contributed by atoms with Gasteiger partial charge in [0, 0.05) is 41.2 Å². The minimum atomic E-state index is -0.625. The first kappa shape index (κ1) is 20.6. The Morgan fingerprint density at radius 1 is 1.09 bits per heavy atom. The van der Waals surface area contributed by atoms with Crippen molar-refractivity contribution < 1.29 is 13.9 Å². The van der Waals surface area contributed by atoms with E-state index in [1.165, 1.54) is 4.68 Å². The Balaban J connectivity index is 1.63. The van der Waals surface area contributed by atoms with Gasteiger partial charge in [-0.05, 0) is 51.5 Å². The molecule has 0 amide bonds. The minimum absolute atomic E-state index is 0.448. The number of nitrogens with one attached hydrogen (secondary N) is 1. The molecule has 0 radical (unpaired) electrons. The van der Waals surface area contributed by atoms with Crippen molar-refractivity contribution in [1.29, 1.82) is 0 Å². The first-order valence-electron chi connectivity index (χ1n) is 10.4. The van der Waals surface area contributed by atoms with E-state index in [-0.39, 0.29) is 0 Å². The molecule has 0 aliphatic carbocycles. The van der Waals surface area contributed by atoms with Gasteiger partial charge >= 0.3 is 6.09 Å². The van der Waals surface area contributed by atoms with Gasteiger partial charge in [-0.15, -0.1) is 0 Å². The molecule has 0 bridgehead atoms. The van der Waals surface area contributed by atoms with Crippen molar-refractivity contribution in [1.82, 2.24) is 24.7 Å². The van der Waals surface area contributed by atoms with Crippen molar-refractivity contribution in [3.05, 3.63) is 60.8 Å². The predicted molar refractivity (Wildman–Crippen MR) is 124 cm³/mol. The van der Waals surface area contributed by atoms with Crippen molar-refractivity contribution in [2.45, 2.75) is 33.3 Å². The summed E-state index contributed by atoms with van der Waals surface area (Å²) >= 11 is 0. The monoisotopic (exact) mass is 442 g/mol. The number of nitrogens with zero attached hydrogens (tertiary/aromatic N) is 5.